The maximum atomic E-state index is 11.9. The summed E-state index contributed by atoms with van der Waals surface area (Å²) in [6.45, 7) is 1.96. The molecule has 3 atom stereocenters. The molecule has 20 heavy (non-hydrogen) atoms. The quantitative estimate of drug-likeness (QED) is 0.906. The minimum Gasteiger partial charge on any atom is -0.487 e. The highest BCUT2D eigenvalue weighted by atomic mass is 35.5. The molecule has 3 unspecified atom stereocenters. The van der Waals surface area contributed by atoms with Gasteiger partial charge in [-0.05, 0) is 56.9 Å². The first-order chi connectivity index (χ1) is 9.59. The molecule has 1 heterocycles. The maximum Gasteiger partial charge on any atom is 0.234 e. The summed E-state index contributed by atoms with van der Waals surface area (Å²) in [4.78, 5) is 11.6. The molecular weight excluding hydrogens is 294 g/mol. The van der Waals surface area contributed by atoms with Crippen molar-refractivity contribution in [1.82, 2.24) is 5.32 Å². The Bertz CT molecular complexity index is 507. The summed E-state index contributed by atoms with van der Waals surface area (Å²) in [5.41, 5.74) is 0. The topological polar surface area (TPSA) is 38.3 Å². The number of benzene rings is 1. The van der Waals surface area contributed by atoms with Crippen LogP contribution in [0.4, 0.5) is 0 Å². The van der Waals surface area contributed by atoms with Crippen LogP contribution in [0, 0.1) is 0 Å². The van der Waals surface area contributed by atoms with Crippen LogP contribution in [0.25, 0.3) is 0 Å². The Morgan fingerprint density at radius 2 is 2.10 bits per heavy atom. The van der Waals surface area contributed by atoms with Crippen LogP contribution in [0.1, 0.15) is 32.6 Å². The zero-order chi connectivity index (χ0) is 14.2. The molecule has 108 valence electrons. The van der Waals surface area contributed by atoms with Gasteiger partial charge in [-0.1, -0.05) is 11.6 Å². The molecule has 1 amide bonds. The van der Waals surface area contributed by atoms with Crippen LogP contribution in [0.15, 0.2) is 24.3 Å². The third-order valence-electron chi connectivity index (χ3n) is 3.97. The first-order valence-electron chi connectivity index (χ1n) is 7.01. The summed E-state index contributed by atoms with van der Waals surface area (Å²) in [5, 5.41) is 3.88. The molecule has 2 aliphatic rings. The van der Waals surface area contributed by atoms with Gasteiger partial charge in [-0.15, -0.1) is 11.8 Å². The van der Waals surface area contributed by atoms with Crippen LogP contribution in [-0.4, -0.2) is 22.1 Å². The Balaban J connectivity index is 1.79. The predicted molar refractivity (Wildman–Crippen MR) is 82.3 cm³/mol. The fraction of sp³-hybridized carbons (Fsp3) is 0.533. The zero-order valence-electron chi connectivity index (χ0n) is 11.4. The van der Waals surface area contributed by atoms with Crippen molar-refractivity contribution in [2.75, 3.05) is 0 Å². The number of hydrogen-bond donors (Lipinski definition) is 1. The molecular formula is C15H18ClNO2S. The molecule has 3 rings (SSSR count). The number of halogens is 1. The van der Waals surface area contributed by atoms with Crippen molar-refractivity contribution in [2.24, 2.45) is 0 Å². The predicted octanol–water partition coefficient (Wildman–Crippen LogP) is 3.61. The number of amides is 1. The monoisotopic (exact) mass is 311 g/mol. The Labute approximate surface area is 128 Å². The molecule has 1 aromatic rings. The summed E-state index contributed by atoms with van der Waals surface area (Å²) < 4.78 is 6.15. The van der Waals surface area contributed by atoms with Gasteiger partial charge in [-0.25, -0.2) is 0 Å². The molecule has 0 aromatic heterocycles. The highest BCUT2D eigenvalue weighted by Crippen LogP contribution is 2.45. The molecule has 1 saturated heterocycles. The van der Waals surface area contributed by atoms with E-state index in [9.17, 15) is 4.79 Å². The highest BCUT2D eigenvalue weighted by Gasteiger charge is 2.50. The van der Waals surface area contributed by atoms with E-state index in [1.165, 1.54) is 0 Å². The number of ether oxygens (including phenoxy) is 1. The second kappa shape index (κ2) is 5.49. The fourth-order valence-corrected chi connectivity index (χ4v) is 4.59. The van der Waals surface area contributed by atoms with Crippen LogP contribution < -0.4 is 10.1 Å². The maximum absolute atomic E-state index is 11.9. The van der Waals surface area contributed by atoms with E-state index in [0.717, 1.165) is 31.4 Å². The molecule has 0 bridgehead atoms. The Hall–Kier alpha value is -0.870. The van der Waals surface area contributed by atoms with E-state index < -0.39 is 0 Å². The molecule has 1 aliphatic carbocycles. The standard InChI is InChI=1S/C15H18ClNO2S/c1-10-14(18)17-15(20-10)9-3-2-4-13(15)19-12-7-5-11(16)6-8-12/h5-8,10,13H,2-4,9H2,1H3,(H,17,18). The van der Waals surface area contributed by atoms with Gasteiger partial charge in [0.05, 0.1) is 5.25 Å². The van der Waals surface area contributed by atoms with Crippen molar-refractivity contribution in [3.05, 3.63) is 29.3 Å². The second-order valence-corrected chi connectivity index (χ2v) is 7.55. The van der Waals surface area contributed by atoms with Crippen LogP contribution in [0.3, 0.4) is 0 Å². The normalized spacial score (nSPS) is 33.2. The van der Waals surface area contributed by atoms with E-state index in [0.29, 0.717) is 5.02 Å². The van der Waals surface area contributed by atoms with Crippen molar-refractivity contribution >= 4 is 29.3 Å². The number of carbonyl (C=O) groups excluding carboxylic acids is 1. The van der Waals surface area contributed by atoms with Gasteiger partial charge >= 0.3 is 0 Å². The van der Waals surface area contributed by atoms with Crippen molar-refractivity contribution in [2.45, 2.75) is 48.8 Å². The third-order valence-corrected chi connectivity index (χ3v) is 5.78. The molecule has 1 saturated carbocycles. The first kappa shape index (κ1) is 14.1. The van der Waals surface area contributed by atoms with E-state index in [4.69, 9.17) is 16.3 Å². The van der Waals surface area contributed by atoms with Gasteiger partial charge in [0.25, 0.3) is 0 Å². The number of rotatable bonds is 2. The van der Waals surface area contributed by atoms with Gasteiger partial charge in [0.1, 0.15) is 16.7 Å². The number of nitrogens with one attached hydrogen (secondary N) is 1. The first-order valence-corrected chi connectivity index (χ1v) is 8.27. The second-order valence-electron chi connectivity index (χ2n) is 5.45. The largest absolute Gasteiger partial charge is 0.487 e. The van der Waals surface area contributed by atoms with Gasteiger partial charge in [-0.3, -0.25) is 4.79 Å². The van der Waals surface area contributed by atoms with Crippen LogP contribution in [-0.2, 0) is 4.79 Å². The van der Waals surface area contributed by atoms with E-state index in [1.807, 2.05) is 31.2 Å². The van der Waals surface area contributed by atoms with E-state index in [-0.39, 0.29) is 22.1 Å². The molecule has 1 spiro atoms. The molecule has 3 nitrogen and oxygen atoms in total. The van der Waals surface area contributed by atoms with E-state index in [2.05, 4.69) is 5.32 Å². The van der Waals surface area contributed by atoms with Crippen molar-refractivity contribution in [3.63, 3.8) is 0 Å². The highest BCUT2D eigenvalue weighted by molar-refractivity contribution is 8.02. The zero-order valence-corrected chi connectivity index (χ0v) is 13.0. The number of carbonyl (C=O) groups is 1. The van der Waals surface area contributed by atoms with Gasteiger partial charge < -0.3 is 10.1 Å². The van der Waals surface area contributed by atoms with E-state index in [1.54, 1.807) is 11.8 Å². The Morgan fingerprint density at radius 3 is 2.75 bits per heavy atom. The number of hydrogen-bond acceptors (Lipinski definition) is 3. The van der Waals surface area contributed by atoms with Gasteiger partial charge in [-0.2, -0.15) is 0 Å². The van der Waals surface area contributed by atoms with Crippen molar-refractivity contribution < 1.29 is 9.53 Å². The molecule has 1 aromatic carbocycles. The van der Waals surface area contributed by atoms with Gasteiger partial charge in [0.15, 0.2) is 0 Å². The summed E-state index contributed by atoms with van der Waals surface area (Å²) in [5.74, 6) is 0.941. The van der Waals surface area contributed by atoms with Crippen LogP contribution in [0.2, 0.25) is 5.02 Å². The molecule has 2 fully saturated rings. The minimum atomic E-state index is -0.256. The Kier molecular flexibility index (Phi) is 3.87. The lowest BCUT2D eigenvalue weighted by Crippen LogP contribution is -2.53. The molecule has 1 N–H and O–H groups in total. The van der Waals surface area contributed by atoms with Crippen molar-refractivity contribution in [3.8, 4) is 5.75 Å². The molecule has 0 radical (unpaired) electrons. The summed E-state index contributed by atoms with van der Waals surface area (Å²) in [6, 6.07) is 7.43. The molecule has 5 heteroatoms. The van der Waals surface area contributed by atoms with Crippen LogP contribution in [0.5, 0.6) is 5.75 Å². The molecule has 1 aliphatic heterocycles. The fourth-order valence-electron chi connectivity index (χ4n) is 2.93. The SMILES string of the molecule is CC1SC2(CCCCC2Oc2ccc(Cl)cc2)NC1=O. The van der Waals surface area contributed by atoms with Crippen LogP contribution >= 0.6 is 23.4 Å². The lowest BCUT2D eigenvalue weighted by molar-refractivity contribution is -0.121. The lowest BCUT2D eigenvalue weighted by atomic mass is 9.91. The van der Waals surface area contributed by atoms with Gasteiger partial charge in [0, 0.05) is 5.02 Å². The average Bonchev–Trinajstić information content (AvgIpc) is 2.71. The van der Waals surface area contributed by atoms with Crippen molar-refractivity contribution in [1.29, 1.82) is 0 Å². The van der Waals surface area contributed by atoms with Gasteiger partial charge in [0.2, 0.25) is 5.91 Å². The lowest BCUT2D eigenvalue weighted by Gasteiger charge is -2.40. The number of thioether (sulfide) groups is 1. The Morgan fingerprint density at radius 1 is 1.35 bits per heavy atom. The third kappa shape index (κ3) is 2.63. The van der Waals surface area contributed by atoms with E-state index >= 15 is 0 Å². The average molecular weight is 312 g/mol. The summed E-state index contributed by atoms with van der Waals surface area (Å²) >= 11 is 7.61. The summed E-state index contributed by atoms with van der Waals surface area (Å²) in [6.07, 6.45) is 4.26. The minimum absolute atomic E-state index is 0.00409. The smallest absolute Gasteiger partial charge is 0.234 e. The summed E-state index contributed by atoms with van der Waals surface area (Å²) in [7, 11) is 0.